The third-order valence-electron chi connectivity index (χ3n) is 3.31. The number of nitrogens with zero attached hydrogens (tertiary/aromatic N) is 2. The van der Waals surface area contributed by atoms with E-state index in [0.29, 0.717) is 24.5 Å². The number of carbonyl (C=O) groups is 2. The SMILES string of the molecule is CC(=O)O.CC(=O)O.CNCc1nnc(NC2CC(C)(C)NC(C)(C)C2)o1. The van der Waals surface area contributed by atoms with Crippen LogP contribution in [-0.2, 0) is 16.1 Å². The molecule has 2 heterocycles. The number of carboxylic acid groups (broad SMARTS) is 2. The number of carboxylic acids is 2. The Hall–Kier alpha value is -2.20. The molecule has 1 saturated heterocycles. The monoisotopic (exact) mass is 387 g/mol. The molecule has 0 aromatic carbocycles. The fraction of sp³-hybridized carbons (Fsp3) is 0.765. The molecule has 10 heteroatoms. The van der Waals surface area contributed by atoms with Crippen molar-refractivity contribution in [3.05, 3.63) is 5.89 Å². The molecule has 0 bridgehead atoms. The predicted molar refractivity (Wildman–Crippen MR) is 102 cm³/mol. The van der Waals surface area contributed by atoms with Crippen LogP contribution in [0.25, 0.3) is 0 Å². The van der Waals surface area contributed by atoms with Crippen molar-refractivity contribution < 1.29 is 24.2 Å². The second kappa shape index (κ2) is 10.8. The molecule has 1 aromatic heterocycles. The Morgan fingerprint density at radius 1 is 1.11 bits per heavy atom. The Morgan fingerprint density at radius 2 is 1.56 bits per heavy atom. The van der Waals surface area contributed by atoms with Crippen molar-refractivity contribution in [1.82, 2.24) is 20.8 Å². The summed E-state index contributed by atoms with van der Waals surface area (Å²) >= 11 is 0. The average molecular weight is 387 g/mol. The second-order valence-corrected chi connectivity index (χ2v) is 7.71. The summed E-state index contributed by atoms with van der Waals surface area (Å²) in [4.78, 5) is 18.0. The van der Waals surface area contributed by atoms with Crippen LogP contribution in [-0.4, -0.2) is 56.5 Å². The van der Waals surface area contributed by atoms with E-state index in [4.69, 9.17) is 24.2 Å². The maximum atomic E-state index is 9.00. The summed E-state index contributed by atoms with van der Waals surface area (Å²) in [7, 11) is 1.86. The molecule has 0 aliphatic carbocycles. The molecule has 27 heavy (non-hydrogen) atoms. The third-order valence-corrected chi connectivity index (χ3v) is 3.31. The van der Waals surface area contributed by atoms with Gasteiger partial charge in [0.15, 0.2) is 0 Å². The molecule has 10 nitrogen and oxygen atoms in total. The number of piperidine rings is 1. The summed E-state index contributed by atoms with van der Waals surface area (Å²) in [6.45, 7) is 11.7. The van der Waals surface area contributed by atoms with E-state index in [9.17, 15) is 0 Å². The highest BCUT2D eigenvalue weighted by Crippen LogP contribution is 2.30. The molecule has 1 aliphatic heterocycles. The quantitative estimate of drug-likeness (QED) is 0.516. The summed E-state index contributed by atoms with van der Waals surface area (Å²) in [5, 5.41) is 32.9. The van der Waals surface area contributed by atoms with Gasteiger partial charge in [0, 0.05) is 31.0 Å². The second-order valence-electron chi connectivity index (χ2n) is 7.71. The van der Waals surface area contributed by atoms with E-state index in [0.717, 1.165) is 26.7 Å². The lowest BCUT2D eigenvalue weighted by Gasteiger charge is -2.46. The largest absolute Gasteiger partial charge is 0.481 e. The molecule has 1 fully saturated rings. The highest BCUT2D eigenvalue weighted by molar-refractivity contribution is 5.63. The van der Waals surface area contributed by atoms with E-state index in [-0.39, 0.29) is 11.1 Å². The van der Waals surface area contributed by atoms with Crippen LogP contribution in [0.5, 0.6) is 0 Å². The number of nitrogens with one attached hydrogen (secondary N) is 3. The zero-order valence-electron chi connectivity index (χ0n) is 17.2. The van der Waals surface area contributed by atoms with Crippen molar-refractivity contribution in [3.63, 3.8) is 0 Å². The van der Waals surface area contributed by atoms with Gasteiger partial charge in [-0.05, 0) is 47.6 Å². The number of aliphatic carboxylic acids is 2. The van der Waals surface area contributed by atoms with E-state index in [1.165, 1.54) is 0 Å². The number of anilines is 1. The van der Waals surface area contributed by atoms with Gasteiger partial charge in [0.1, 0.15) is 0 Å². The molecule has 156 valence electrons. The van der Waals surface area contributed by atoms with Crippen molar-refractivity contribution in [3.8, 4) is 0 Å². The zero-order valence-corrected chi connectivity index (χ0v) is 17.2. The minimum Gasteiger partial charge on any atom is -0.481 e. The molecule has 1 aliphatic rings. The van der Waals surface area contributed by atoms with E-state index in [2.05, 4.69) is 53.8 Å². The fourth-order valence-corrected chi connectivity index (χ4v) is 3.13. The van der Waals surface area contributed by atoms with Crippen molar-refractivity contribution in [2.45, 2.75) is 78.0 Å². The summed E-state index contributed by atoms with van der Waals surface area (Å²) in [6.07, 6.45) is 2.06. The lowest BCUT2D eigenvalue weighted by Crippen LogP contribution is -2.60. The Bertz CT molecular complexity index is 564. The van der Waals surface area contributed by atoms with Gasteiger partial charge >= 0.3 is 6.01 Å². The van der Waals surface area contributed by atoms with Crippen LogP contribution < -0.4 is 16.0 Å². The van der Waals surface area contributed by atoms with Crippen molar-refractivity contribution in [2.24, 2.45) is 0 Å². The molecule has 0 saturated carbocycles. The highest BCUT2D eigenvalue weighted by atomic mass is 16.4. The van der Waals surface area contributed by atoms with Gasteiger partial charge in [-0.1, -0.05) is 5.10 Å². The smallest absolute Gasteiger partial charge is 0.315 e. The first-order chi connectivity index (χ1) is 12.3. The van der Waals surface area contributed by atoms with E-state index < -0.39 is 11.9 Å². The van der Waals surface area contributed by atoms with Crippen LogP contribution in [0, 0.1) is 0 Å². The molecular weight excluding hydrogens is 354 g/mol. The van der Waals surface area contributed by atoms with Gasteiger partial charge in [-0.15, -0.1) is 5.10 Å². The molecule has 0 spiro atoms. The molecule has 0 radical (unpaired) electrons. The van der Waals surface area contributed by atoms with Crippen molar-refractivity contribution >= 4 is 18.0 Å². The lowest BCUT2D eigenvalue weighted by molar-refractivity contribution is -0.135. The first kappa shape index (κ1) is 24.8. The Kier molecular flexibility index (Phi) is 9.95. The predicted octanol–water partition coefficient (Wildman–Crippen LogP) is 1.69. The van der Waals surface area contributed by atoms with E-state index in [1.54, 1.807) is 0 Å². The minimum absolute atomic E-state index is 0.104. The van der Waals surface area contributed by atoms with Gasteiger partial charge in [0.25, 0.3) is 11.9 Å². The van der Waals surface area contributed by atoms with E-state index in [1.807, 2.05) is 7.05 Å². The molecule has 1 aromatic rings. The van der Waals surface area contributed by atoms with Crippen LogP contribution in [0.4, 0.5) is 6.01 Å². The maximum Gasteiger partial charge on any atom is 0.315 e. The average Bonchev–Trinajstić information content (AvgIpc) is 2.81. The number of rotatable bonds is 4. The normalized spacial score (nSPS) is 17.6. The fourth-order valence-electron chi connectivity index (χ4n) is 3.13. The summed E-state index contributed by atoms with van der Waals surface area (Å²) in [6, 6.07) is 0.859. The maximum absolute atomic E-state index is 9.00. The van der Waals surface area contributed by atoms with Crippen LogP contribution in [0.2, 0.25) is 0 Å². The van der Waals surface area contributed by atoms with Gasteiger partial charge in [-0.2, -0.15) is 0 Å². The molecule has 2 rings (SSSR count). The first-order valence-corrected chi connectivity index (χ1v) is 8.68. The standard InChI is InChI=1S/C13H25N5O.2C2H4O2/c1-12(2)6-9(7-13(3,4)18-12)15-11-17-16-10(19-11)8-14-5;2*1-2(3)4/h9,14,18H,6-8H2,1-5H3,(H,15,17);2*1H3,(H,3,4). The highest BCUT2D eigenvalue weighted by Gasteiger charge is 2.38. The third kappa shape index (κ3) is 12.7. The zero-order chi connectivity index (χ0) is 21.3. The Labute approximate surface area is 160 Å². The Balaban J connectivity index is 0.000000718. The molecule has 0 atom stereocenters. The van der Waals surface area contributed by atoms with Gasteiger partial charge in [-0.3, -0.25) is 9.59 Å². The van der Waals surface area contributed by atoms with Crippen molar-refractivity contribution in [1.29, 1.82) is 0 Å². The van der Waals surface area contributed by atoms with Crippen LogP contribution in [0.3, 0.4) is 0 Å². The van der Waals surface area contributed by atoms with Crippen LogP contribution >= 0.6 is 0 Å². The molecule has 0 amide bonds. The summed E-state index contributed by atoms with van der Waals surface area (Å²) in [5.74, 6) is -1.06. The van der Waals surface area contributed by atoms with Gasteiger partial charge in [0.2, 0.25) is 5.89 Å². The molecular formula is C17H33N5O5. The Morgan fingerprint density at radius 3 is 1.96 bits per heavy atom. The first-order valence-electron chi connectivity index (χ1n) is 8.68. The van der Waals surface area contributed by atoms with Gasteiger partial charge in [-0.25, -0.2) is 0 Å². The number of hydrogen-bond donors (Lipinski definition) is 5. The van der Waals surface area contributed by atoms with Crippen LogP contribution in [0.15, 0.2) is 4.42 Å². The minimum atomic E-state index is -0.833. The number of hydrogen-bond acceptors (Lipinski definition) is 8. The van der Waals surface area contributed by atoms with Crippen molar-refractivity contribution in [2.75, 3.05) is 12.4 Å². The van der Waals surface area contributed by atoms with E-state index >= 15 is 0 Å². The topological polar surface area (TPSA) is 150 Å². The van der Waals surface area contributed by atoms with Crippen LogP contribution in [0.1, 0.15) is 60.3 Å². The van der Waals surface area contributed by atoms with Gasteiger partial charge < -0.3 is 30.6 Å². The molecule has 0 unspecified atom stereocenters. The summed E-state index contributed by atoms with van der Waals surface area (Å²) < 4.78 is 5.55. The number of aromatic nitrogens is 2. The summed E-state index contributed by atoms with van der Waals surface area (Å²) in [5.41, 5.74) is 0.209. The lowest BCUT2D eigenvalue weighted by atomic mass is 9.80. The molecule has 5 N–H and O–H groups in total. The van der Waals surface area contributed by atoms with Gasteiger partial charge in [0.05, 0.1) is 6.54 Å².